The second-order valence-electron chi connectivity index (χ2n) is 5.36. The van der Waals surface area contributed by atoms with E-state index in [-0.39, 0.29) is 23.5 Å². The largest absolute Gasteiger partial charge is 0.443 e. The number of para-hydroxylation sites is 1. The Morgan fingerprint density at radius 1 is 1.30 bits per heavy atom. The van der Waals surface area contributed by atoms with E-state index >= 15 is 0 Å². The third-order valence-corrected chi connectivity index (χ3v) is 3.19. The number of nitrogens with zero attached hydrogens (tertiary/aromatic N) is 3. The minimum Gasteiger partial charge on any atom is -0.443 e. The molecule has 0 spiro atoms. The number of nitrogen functional groups attached to an aromatic ring is 1. The van der Waals surface area contributed by atoms with Crippen molar-refractivity contribution >= 4 is 11.7 Å². The fourth-order valence-corrected chi connectivity index (χ4v) is 2.14. The average molecular weight is 311 g/mol. The normalized spacial score (nSPS) is 10.9. The lowest BCUT2D eigenvalue weighted by Crippen LogP contribution is -2.30. The standard InChI is InChI=1S/C16H17N5O2/c1-10(2)19-15(22)13-9-23-16(20-13)12-8-18-21(14(12)17)11-6-4-3-5-7-11/h3-10H,17H2,1-2H3,(H,19,22). The van der Waals surface area contributed by atoms with Crippen LogP contribution in [0.3, 0.4) is 0 Å². The Labute approximate surface area is 133 Å². The van der Waals surface area contributed by atoms with E-state index in [0.717, 1.165) is 5.69 Å². The zero-order valence-electron chi connectivity index (χ0n) is 12.9. The van der Waals surface area contributed by atoms with Crippen LogP contribution in [0.2, 0.25) is 0 Å². The van der Waals surface area contributed by atoms with Crippen molar-refractivity contribution in [3.63, 3.8) is 0 Å². The van der Waals surface area contributed by atoms with Crippen molar-refractivity contribution in [1.29, 1.82) is 0 Å². The SMILES string of the molecule is CC(C)NC(=O)c1coc(-c2cnn(-c3ccccc3)c2N)n1. The molecule has 7 heteroatoms. The number of rotatable bonds is 4. The van der Waals surface area contributed by atoms with Crippen molar-refractivity contribution in [2.75, 3.05) is 5.73 Å². The molecule has 0 saturated heterocycles. The molecule has 7 nitrogen and oxygen atoms in total. The molecule has 0 aliphatic heterocycles. The highest BCUT2D eigenvalue weighted by molar-refractivity contribution is 5.92. The Morgan fingerprint density at radius 2 is 2.04 bits per heavy atom. The first kappa shape index (κ1) is 14.8. The highest BCUT2D eigenvalue weighted by Gasteiger charge is 2.18. The van der Waals surface area contributed by atoms with Gasteiger partial charge in [0.2, 0.25) is 5.89 Å². The fraction of sp³-hybridized carbons (Fsp3) is 0.188. The summed E-state index contributed by atoms with van der Waals surface area (Å²) in [6.07, 6.45) is 2.88. The van der Waals surface area contributed by atoms with E-state index < -0.39 is 0 Å². The van der Waals surface area contributed by atoms with Crippen LogP contribution in [0, 0.1) is 0 Å². The number of hydrogen-bond acceptors (Lipinski definition) is 5. The van der Waals surface area contributed by atoms with Gasteiger partial charge in [0, 0.05) is 6.04 Å². The van der Waals surface area contributed by atoms with Crippen LogP contribution in [-0.4, -0.2) is 26.7 Å². The first-order chi connectivity index (χ1) is 11.1. The molecule has 0 aliphatic carbocycles. The van der Waals surface area contributed by atoms with E-state index in [9.17, 15) is 4.79 Å². The van der Waals surface area contributed by atoms with Crippen LogP contribution < -0.4 is 11.1 Å². The van der Waals surface area contributed by atoms with Crippen molar-refractivity contribution in [3.8, 4) is 17.1 Å². The maximum absolute atomic E-state index is 11.9. The zero-order valence-corrected chi connectivity index (χ0v) is 12.9. The van der Waals surface area contributed by atoms with Gasteiger partial charge in [0.1, 0.15) is 12.1 Å². The molecule has 3 N–H and O–H groups in total. The molecule has 0 saturated carbocycles. The van der Waals surface area contributed by atoms with Gasteiger partial charge in [0.15, 0.2) is 5.69 Å². The van der Waals surface area contributed by atoms with Crippen molar-refractivity contribution in [2.24, 2.45) is 0 Å². The number of benzene rings is 1. The maximum Gasteiger partial charge on any atom is 0.273 e. The molecule has 1 aromatic carbocycles. The highest BCUT2D eigenvalue weighted by atomic mass is 16.3. The van der Waals surface area contributed by atoms with Gasteiger partial charge >= 0.3 is 0 Å². The first-order valence-corrected chi connectivity index (χ1v) is 7.22. The number of aromatic nitrogens is 3. The van der Waals surface area contributed by atoms with Crippen LogP contribution >= 0.6 is 0 Å². The molecule has 2 aromatic heterocycles. The van der Waals surface area contributed by atoms with Gasteiger partial charge in [-0.3, -0.25) is 4.79 Å². The van der Waals surface area contributed by atoms with Gasteiger partial charge in [0.05, 0.1) is 17.4 Å². The van der Waals surface area contributed by atoms with E-state index in [2.05, 4.69) is 15.4 Å². The summed E-state index contributed by atoms with van der Waals surface area (Å²) in [4.78, 5) is 16.1. The van der Waals surface area contributed by atoms with Gasteiger partial charge in [0.25, 0.3) is 5.91 Å². The lowest BCUT2D eigenvalue weighted by atomic mass is 10.3. The van der Waals surface area contributed by atoms with Crippen LogP contribution in [-0.2, 0) is 0 Å². The number of anilines is 1. The lowest BCUT2D eigenvalue weighted by molar-refractivity contribution is 0.0938. The van der Waals surface area contributed by atoms with Crippen molar-refractivity contribution in [1.82, 2.24) is 20.1 Å². The Kier molecular flexibility index (Phi) is 3.84. The molecule has 0 radical (unpaired) electrons. The summed E-state index contributed by atoms with van der Waals surface area (Å²) in [5.74, 6) is 0.372. The second kappa shape index (κ2) is 5.96. The summed E-state index contributed by atoms with van der Waals surface area (Å²) >= 11 is 0. The fourth-order valence-electron chi connectivity index (χ4n) is 2.14. The highest BCUT2D eigenvalue weighted by Crippen LogP contribution is 2.27. The van der Waals surface area contributed by atoms with E-state index in [1.807, 2.05) is 44.2 Å². The van der Waals surface area contributed by atoms with Gasteiger partial charge in [-0.25, -0.2) is 9.67 Å². The summed E-state index contributed by atoms with van der Waals surface area (Å²) in [5, 5.41) is 7.01. The van der Waals surface area contributed by atoms with E-state index in [1.165, 1.54) is 6.26 Å². The quantitative estimate of drug-likeness (QED) is 0.770. The first-order valence-electron chi connectivity index (χ1n) is 7.22. The predicted octanol–water partition coefficient (Wildman–Crippen LogP) is 2.25. The van der Waals surface area contributed by atoms with E-state index in [0.29, 0.717) is 11.4 Å². The van der Waals surface area contributed by atoms with Crippen LogP contribution in [0.15, 0.2) is 47.2 Å². The predicted molar refractivity (Wildman–Crippen MR) is 86.1 cm³/mol. The molecular weight excluding hydrogens is 294 g/mol. The van der Waals surface area contributed by atoms with Gasteiger partial charge in [-0.05, 0) is 26.0 Å². The Balaban J connectivity index is 1.91. The average Bonchev–Trinajstić information content (AvgIpc) is 3.14. The van der Waals surface area contributed by atoms with Gasteiger partial charge in [-0.15, -0.1) is 0 Å². The number of hydrogen-bond donors (Lipinski definition) is 2. The summed E-state index contributed by atoms with van der Waals surface area (Å²) in [5.41, 5.74) is 7.72. The topological polar surface area (TPSA) is 99.0 Å². The second-order valence-corrected chi connectivity index (χ2v) is 5.36. The molecule has 0 fully saturated rings. The molecule has 3 rings (SSSR count). The number of amides is 1. The van der Waals surface area contributed by atoms with Gasteiger partial charge in [-0.2, -0.15) is 5.10 Å². The van der Waals surface area contributed by atoms with Crippen LogP contribution in [0.5, 0.6) is 0 Å². The Bertz CT molecular complexity index is 820. The molecule has 0 unspecified atom stereocenters. The summed E-state index contributed by atoms with van der Waals surface area (Å²) in [7, 11) is 0. The van der Waals surface area contributed by atoms with Crippen LogP contribution in [0.25, 0.3) is 17.1 Å². The minimum absolute atomic E-state index is 0.0218. The number of oxazole rings is 1. The third kappa shape index (κ3) is 2.94. The molecule has 0 atom stereocenters. The Hall–Kier alpha value is -3.09. The maximum atomic E-state index is 11.9. The van der Waals surface area contributed by atoms with Crippen LogP contribution in [0.4, 0.5) is 5.82 Å². The van der Waals surface area contributed by atoms with Crippen molar-refractivity contribution in [3.05, 3.63) is 48.5 Å². The van der Waals surface area contributed by atoms with Crippen molar-refractivity contribution < 1.29 is 9.21 Å². The Morgan fingerprint density at radius 3 is 2.74 bits per heavy atom. The summed E-state index contributed by atoms with van der Waals surface area (Å²) in [6, 6.07) is 9.52. The van der Waals surface area contributed by atoms with Gasteiger partial charge in [-0.1, -0.05) is 18.2 Å². The molecule has 2 heterocycles. The molecular formula is C16H17N5O2. The number of nitrogens with one attached hydrogen (secondary N) is 1. The summed E-state index contributed by atoms with van der Waals surface area (Å²) in [6.45, 7) is 3.75. The molecule has 0 aliphatic rings. The van der Waals surface area contributed by atoms with E-state index in [4.69, 9.17) is 10.2 Å². The molecule has 3 aromatic rings. The number of nitrogens with two attached hydrogens (primary N) is 1. The number of carbonyl (C=O) groups excluding carboxylic acids is 1. The van der Waals surface area contributed by atoms with Crippen molar-refractivity contribution in [2.45, 2.75) is 19.9 Å². The summed E-state index contributed by atoms with van der Waals surface area (Å²) < 4.78 is 6.97. The molecule has 1 amide bonds. The van der Waals surface area contributed by atoms with Gasteiger partial charge < -0.3 is 15.5 Å². The van der Waals surface area contributed by atoms with Crippen LogP contribution in [0.1, 0.15) is 24.3 Å². The molecule has 118 valence electrons. The minimum atomic E-state index is -0.288. The number of carbonyl (C=O) groups is 1. The molecule has 23 heavy (non-hydrogen) atoms. The molecule has 0 bridgehead atoms. The zero-order chi connectivity index (χ0) is 16.4. The van der Waals surface area contributed by atoms with E-state index in [1.54, 1.807) is 10.9 Å². The lowest BCUT2D eigenvalue weighted by Gasteiger charge is -2.04. The third-order valence-electron chi connectivity index (χ3n) is 3.19. The smallest absolute Gasteiger partial charge is 0.273 e. The monoisotopic (exact) mass is 311 g/mol.